The molecule has 1 saturated carbocycles. The maximum atomic E-state index is 9.13. The fourth-order valence-electron chi connectivity index (χ4n) is 3.04. The smallest absolute Gasteiger partial charge is 0.0935 e. The molecule has 1 heterocycles. The van der Waals surface area contributed by atoms with Crippen molar-refractivity contribution in [3.8, 4) is 0 Å². The van der Waals surface area contributed by atoms with E-state index in [2.05, 4.69) is 18.7 Å². The van der Waals surface area contributed by atoms with Crippen molar-refractivity contribution >= 4 is 0 Å². The summed E-state index contributed by atoms with van der Waals surface area (Å²) in [5, 5.41) is 9.13. The van der Waals surface area contributed by atoms with Gasteiger partial charge in [-0.3, -0.25) is 4.90 Å². The van der Waals surface area contributed by atoms with E-state index in [9.17, 15) is 0 Å². The Labute approximate surface area is 117 Å². The van der Waals surface area contributed by atoms with Gasteiger partial charge in [0.1, 0.15) is 0 Å². The van der Waals surface area contributed by atoms with Crippen LogP contribution in [0.4, 0.5) is 0 Å². The molecule has 0 amide bonds. The molecule has 1 saturated heterocycles. The number of ether oxygens (including phenoxy) is 2. The van der Waals surface area contributed by atoms with Crippen LogP contribution < -0.4 is 0 Å². The van der Waals surface area contributed by atoms with Crippen molar-refractivity contribution in [2.45, 2.75) is 57.8 Å². The Morgan fingerprint density at radius 3 is 2.63 bits per heavy atom. The summed E-state index contributed by atoms with van der Waals surface area (Å²) in [6, 6.07) is 0.589. The van der Waals surface area contributed by atoms with Gasteiger partial charge in [-0.05, 0) is 45.4 Å². The van der Waals surface area contributed by atoms with Gasteiger partial charge in [-0.25, -0.2) is 0 Å². The molecule has 112 valence electrons. The molecule has 19 heavy (non-hydrogen) atoms. The lowest BCUT2D eigenvalue weighted by Gasteiger charge is -2.36. The van der Waals surface area contributed by atoms with Crippen LogP contribution in [-0.4, -0.2) is 61.2 Å². The largest absolute Gasteiger partial charge is 0.396 e. The zero-order valence-corrected chi connectivity index (χ0v) is 12.4. The molecule has 2 aliphatic rings. The zero-order chi connectivity index (χ0) is 13.7. The van der Waals surface area contributed by atoms with Crippen molar-refractivity contribution in [2.24, 2.45) is 5.92 Å². The summed E-state index contributed by atoms with van der Waals surface area (Å²) in [5.74, 6) is 0.502. The standard InChI is InChI=1S/C15H29NO3/c1-12(2)16-7-8-18-15(9-16)11-19-14-5-3-13(10-17)4-6-14/h12-15,17H,3-11H2,1-2H3. The number of aliphatic hydroxyl groups is 1. The third kappa shape index (κ3) is 4.71. The second-order valence-electron chi connectivity index (χ2n) is 6.24. The highest BCUT2D eigenvalue weighted by atomic mass is 16.5. The predicted octanol–water partition coefficient (Wildman–Crippen LogP) is 1.66. The van der Waals surface area contributed by atoms with Crippen molar-refractivity contribution in [3.63, 3.8) is 0 Å². The molecular formula is C15H29NO3. The molecule has 0 spiro atoms. The van der Waals surface area contributed by atoms with Crippen molar-refractivity contribution in [1.82, 2.24) is 4.90 Å². The van der Waals surface area contributed by atoms with Crippen LogP contribution >= 0.6 is 0 Å². The van der Waals surface area contributed by atoms with Crippen molar-refractivity contribution in [1.29, 1.82) is 0 Å². The Hall–Kier alpha value is -0.160. The first-order chi connectivity index (χ1) is 9.19. The molecule has 4 heteroatoms. The molecular weight excluding hydrogens is 242 g/mol. The molecule has 0 bridgehead atoms. The summed E-state index contributed by atoms with van der Waals surface area (Å²) in [7, 11) is 0. The zero-order valence-electron chi connectivity index (χ0n) is 12.4. The van der Waals surface area contributed by atoms with E-state index in [4.69, 9.17) is 14.6 Å². The normalized spacial score (nSPS) is 33.8. The first kappa shape index (κ1) is 15.2. The summed E-state index contributed by atoms with van der Waals surface area (Å²) in [5.41, 5.74) is 0. The van der Waals surface area contributed by atoms with Gasteiger partial charge in [0, 0.05) is 25.7 Å². The predicted molar refractivity (Wildman–Crippen MR) is 75.2 cm³/mol. The first-order valence-electron chi connectivity index (χ1n) is 7.77. The minimum Gasteiger partial charge on any atom is -0.396 e. The SMILES string of the molecule is CC(C)N1CCOC(COC2CCC(CO)CC2)C1. The summed E-state index contributed by atoms with van der Waals surface area (Å²) < 4.78 is 11.8. The van der Waals surface area contributed by atoms with Crippen LogP contribution in [-0.2, 0) is 9.47 Å². The van der Waals surface area contributed by atoms with E-state index in [-0.39, 0.29) is 6.10 Å². The Morgan fingerprint density at radius 2 is 2.00 bits per heavy atom. The number of hydrogen-bond acceptors (Lipinski definition) is 4. The van der Waals surface area contributed by atoms with Crippen molar-refractivity contribution < 1.29 is 14.6 Å². The monoisotopic (exact) mass is 271 g/mol. The lowest BCUT2D eigenvalue weighted by molar-refractivity contribution is -0.0974. The highest BCUT2D eigenvalue weighted by molar-refractivity contribution is 4.76. The van der Waals surface area contributed by atoms with Gasteiger partial charge in [-0.2, -0.15) is 0 Å². The lowest BCUT2D eigenvalue weighted by atomic mass is 9.88. The van der Waals surface area contributed by atoms with E-state index in [1.807, 2.05) is 0 Å². The van der Waals surface area contributed by atoms with Crippen LogP contribution in [0.3, 0.4) is 0 Å². The van der Waals surface area contributed by atoms with Gasteiger partial charge in [-0.1, -0.05) is 0 Å². The van der Waals surface area contributed by atoms with Gasteiger partial charge in [0.2, 0.25) is 0 Å². The average molecular weight is 271 g/mol. The quantitative estimate of drug-likeness (QED) is 0.826. The van der Waals surface area contributed by atoms with Crippen LogP contribution in [0, 0.1) is 5.92 Å². The van der Waals surface area contributed by atoms with Gasteiger partial charge in [0.05, 0.1) is 25.4 Å². The van der Waals surface area contributed by atoms with Crippen LogP contribution in [0.5, 0.6) is 0 Å². The second kappa shape index (κ2) is 7.58. The van der Waals surface area contributed by atoms with Crippen molar-refractivity contribution in [3.05, 3.63) is 0 Å². The fourth-order valence-corrected chi connectivity index (χ4v) is 3.04. The number of aliphatic hydroxyl groups excluding tert-OH is 1. The van der Waals surface area contributed by atoms with Crippen LogP contribution in [0.2, 0.25) is 0 Å². The molecule has 1 aliphatic carbocycles. The molecule has 0 radical (unpaired) electrons. The highest BCUT2D eigenvalue weighted by Crippen LogP contribution is 2.26. The third-order valence-electron chi connectivity index (χ3n) is 4.47. The minimum atomic E-state index is 0.228. The van der Waals surface area contributed by atoms with E-state index < -0.39 is 0 Å². The van der Waals surface area contributed by atoms with E-state index in [0.717, 1.165) is 52.0 Å². The Kier molecular flexibility index (Phi) is 6.07. The van der Waals surface area contributed by atoms with E-state index >= 15 is 0 Å². The summed E-state index contributed by atoms with van der Waals surface area (Å²) >= 11 is 0. The molecule has 0 aromatic heterocycles. The molecule has 1 unspecified atom stereocenters. The maximum absolute atomic E-state index is 9.13. The third-order valence-corrected chi connectivity index (χ3v) is 4.47. The molecule has 1 aliphatic heterocycles. The van der Waals surface area contributed by atoms with E-state index in [1.54, 1.807) is 0 Å². The van der Waals surface area contributed by atoms with E-state index in [1.165, 1.54) is 0 Å². The second-order valence-corrected chi connectivity index (χ2v) is 6.24. The van der Waals surface area contributed by atoms with Gasteiger partial charge in [-0.15, -0.1) is 0 Å². The molecule has 1 N–H and O–H groups in total. The molecule has 1 atom stereocenters. The summed E-state index contributed by atoms with van der Waals surface area (Å²) in [4.78, 5) is 2.46. The fraction of sp³-hybridized carbons (Fsp3) is 1.00. The molecule has 2 fully saturated rings. The van der Waals surface area contributed by atoms with Crippen LogP contribution in [0.15, 0.2) is 0 Å². The lowest BCUT2D eigenvalue weighted by Crippen LogP contribution is -2.47. The number of morpholine rings is 1. The highest BCUT2D eigenvalue weighted by Gasteiger charge is 2.25. The van der Waals surface area contributed by atoms with Crippen molar-refractivity contribution in [2.75, 3.05) is 32.9 Å². The summed E-state index contributed by atoms with van der Waals surface area (Å²) in [6.45, 7) is 8.38. The minimum absolute atomic E-state index is 0.228. The van der Waals surface area contributed by atoms with Gasteiger partial charge in [0.25, 0.3) is 0 Å². The molecule has 4 nitrogen and oxygen atoms in total. The molecule has 2 rings (SSSR count). The molecule has 0 aromatic rings. The molecule has 0 aromatic carbocycles. The van der Waals surface area contributed by atoms with Crippen LogP contribution in [0.25, 0.3) is 0 Å². The summed E-state index contributed by atoms with van der Waals surface area (Å²) in [6.07, 6.45) is 4.99. The van der Waals surface area contributed by atoms with Gasteiger partial charge in [0.15, 0.2) is 0 Å². The number of rotatable bonds is 5. The number of hydrogen-bond donors (Lipinski definition) is 1. The van der Waals surface area contributed by atoms with E-state index in [0.29, 0.717) is 24.7 Å². The number of nitrogens with zero attached hydrogens (tertiary/aromatic N) is 1. The maximum Gasteiger partial charge on any atom is 0.0935 e. The Morgan fingerprint density at radius 1 is 1.26 bits per heavy atom. The average Bonchev–Trinajstić information content (AvgIpc) is 2.46. The Bertz CT molecular complexity index is 252. The van der Waals surface area contributed by atoms with Gasteiger partial charge >= 0.3 is 0 Å². The Balaban J connectivity index is 1.65. The van der Waals surface area contributed by atoms with Crippen LogP contribution in [0.1, 0.15) is 39.5 Å². The topological polar surface area (TPSA) is 41.9 Å². The first-order valence-corrected chi connectivity index (χ1v) is 7.77. The van der Waals surface area contributed by atoms with Gasteiger partial charge < -0.3 is 14.6 Å².